The van der Waals surface area contributed by atoms with Gasteiger partial charge < -0.3 is 5.32 Å². The zero-order valence-electron chi connectivity index (χ0n) is 10.4. The summed E-state index contributed by atoms with van der Waals surface area (Å²) < 4.78 is 0. The van der Waals surface area contributed by atoms with Gasteiger partial charge in [0, 0.05) is 16.8 Å². The summed E-state index contributed by atoms with van der Waals surface area (Å²) in [5, 5.41) is 6.53. The summed E-state index contributed by atoms with van der Waals surface area (Å²) in [4.78, 5) is 10.2. The molecular weight excluding hydrogens is 250 g/mol. The molecule has 2 heterocycles. The largest absolute Gasteiger partial charge is 0.312 e. The summed E-state index contributed by atoms with van der Waals surface area (Å²) in [5.74, 6) is 0.682. The molecule has 2 aromatic rings. The van der Waals surface area contributed by atoms with E-state index in [1.54, 1.807) is 22.7 Å². The van der Waals surface area contributed by atoms with E-state index in [9.17, 15) is 0 Å². The predicted molar refractivity (Wildman–Crippen MR) is 74.5 cm³/mol. The van der Waals surface area contributed by atoms with E-state index in [1.165, 1.54) is 4.88 Å². The minimum absolute atomic E-state index is 0.682. The molecule has 0 aliphatic rings. The fourth-order valence-electron chi connectivity index (χ4n) is 1.49. The van der Waals surface area contributed by atoms with Crippen molar-refractivity contribution >= 4 is 22.7 Å². The lowest BCUT2D eigenvalue weighted by Crippen LogP contribution is -2.18. The molecular formula is C12H17N3S2. The van der Waals surface area contributed by atoms with Crippen LogP contribution in [0.2, 0.25) is 0 Å². The molecule has 1 N–H and O–H groups in total. The summed E-state index contributed by atoms with van der Waals surface area (Å²) in [6.45, 7) is 8.45. The molecule has 0 fully saturated rings. The maximum Gasteiger partial charge on any atom is 0.143 e. The number of hydrogen-bond donors (Lipinski definition) is 1. The van der Waals surface area contributed by atoms with Crippen LogP contribution in [0.15, 0.2) is 10.9 Å². The SMILES string of the molecule is Cc1nc(-c2cscn2)sc1CNCC(C)C. The molecule has 0 amide bonds. The second kappa shape index (κ2) is 5.71. The Morgan fingerprint density at radius 3 is 2.88 bits per heavy atom. The Bertz CT molecular complexity index is 460. The number of nitrogens with zero attached hydrogens (tertiary/aromatic N) is 2. The van der Waals surface area contributed by atoms with Crippen molar-refractivity contribution in [2.24, 2.45) is 5.92 Å². The second-order valence-electron chi connectivity index (χ2n) is 4.43. The first-order chi connectivity index (χ1) is 8.16. The molecule has 17 heavy (non-hydrogen) atoms. The Kier molecular flexibility index (Phi) is 4.25. The summed E-state index contributed by atoms with van der Waals surface area (Å²) >= 11 is 3.35. The quantitative estimate of drug-likeness (QED) is 0.903. The van der Waals surface area contributed by atoms with Crippen molar-refractivity contribution in [3.8, 4) is 10.7 Å². The summed E-state index contributed by atoms with van der Waals surface area (Å²) in [6, 6.07) is 0. The molecule has 0 spiro atoms. The monoisotopic (exact) mass is 267 g/mol. The Morgan fingerprint density at radius 2 is 2.24 bits per heavy atom. The van der Waals surface area contributed by atoms with E-state index >= 15 is 0 Å². The molecule has 0 aliphatic heterocycles. The number of aromatic nitrogens is 2. The van der Waals surface area contributed by atoms with Crippen LogP contribution in [-0.2, 0) is 6.54 Å². The van der Waals surface area contributed by atoms with Gasteiger partial charge in [0.1, 0.15) is 10.7 Å². The highest BCUT2D eigenvalue weighted by molar-refractivity contribution is 7.15. The molecule has 0 aliphatic carbocycles. The standard InChI is InChI=1S/C12H17N3S2/c1-8(2)4-13-5-11-9(3)15-12(17-11)10-6-16-7-14-10/h6-8,13H,4-5H2,1-3H3. The van der Waals surface area contributed by atoms with Gasteiger partial charge in [-0.15, -0.1) is 22.7 Å². The maximum absolute atomic E-state index is 4.57. The zero-order chi connectivity index (χ0) is 12.3. The first kappa shape index (κ1) is 12.7. The van der Waals surface area contributed by atoms with E-state index in [2.05, 4.69) is 36.1 Å². The van der Waals surface area contributed by atoms with Gasteiger partial charge in [0.25, 0.3) is 0 Å². The molecule has 5 heteroatoms. The van der Waals surface area contributed by atoms with Gasteiger partial charge in [0.15, 0.2) is 0 Å². The summed E-state index contributed by atoms with van der Waals surface area (Å²) in [7, 11) is 0. The molecule has 0 radical (unpaired) electrons. The minimum atomic E-state index is 0.682. The normalized spacial score (nSPS) is 11.3. The van der Waals surface area contributed by atoms with Gasteiger partial charge in [-0.3, -0.25) is 0 Å². The molecule has 0 bridgehead atoms. The second-order valence-corrected chi connectivity index (χ2v) is 6.23. The summed E-state index contributed by atoms with van der Waals surface area (Å²) in [5.41, 5.74) is 3.97. The maximum atomic E-state index is 4.57. The van der Waals surface area contributed by atoms with Crippen LogP contribution >= 0.6 is 22.7 Å². The lowest BCUT2D eigenvalue weighted by molar-refractivity contribution is 0.554. The third kappa shape index (κ3) is 3.34. The van der Waals surface area contributed by atoms with E-state index < -0.39 is 0 Å². The smallest absolute Gasteiger partial charge is 0.143 e. The molecule has 92 valence electrons. The van der Waals surface area contributed by atoms with E-state index in [1.807, 2.05) is 10.9 Å². The fourth-order valence-corrected chi connectivity index (χ4v) is 3.11. The third-order valence-corrected chi connectivity index (χ3v) is 4.15. The lowest BCUT2D eigenvalue weighted by atomic mass is 10.2. The number of rotatable bonds is 5. The van der Waals surface area contributed by atoms with Crippen molar-refractivity contribution in [1.29, 1.82) is 0 Å². The molecule has 0 atom stereocenters. The average Bonchev–Trinajstić information content (AvgIpc) is 2.87. The van der Waals surface area contributed by atoms with Crippen molar-refractivity contribution in [3.05, 3.63) is 21.5 Å². The first-order valence-electron chi connectivity index (χ1n) is 5.72. The Balaban J connectivity index is 2.04. The zero-order valence-corrected chi connectivity index (χ0v) is 12.0. The van der Waals surface area contributed by atoms with Gasteiger partial charge >= 0.3 is 0 Å². The number of hydrogen-bond acceptors (Lipinski definition) is 5. The molecule has 0 aromatic carbocycles. The Labute approximate surface area is 110 Å². The molecule has 0 unspecified atom stereocenters. The molecule has 3 nitrogen and oxygen atoms in total. The Morgan fingerprint density at radius 1 is 1.41 bits per heavy atom. The predicted octanol–water partition coefficient (Wildman–Crippen LogP) is 3.32. The van der Waals surface area contributed by atoms with E-state index in [0.717, 1.165) is 29.5 Å². The van der Waals surface area contributed by atoms with Crippen molar-refractivity contribution in [1.82, 2.24) is 15.3 Å². The topological polar surface area (TPSA) is 37.8 Å². The molecule has 0 saturated heterocycles. The van der Waals surface area contributed by atoms with E-state index in [0.29, 0.717) is 5.92 Å². The average molecular weight is 267 g/mol. The van der Waals surface area contributed by atoms with E-state index in [4.69, 9.17) is 0 Å². The van der Waals surface area contributed by atoms with Crippen LogP contribution in [0.5, 0.6) is 0 Å². The van der Waals surface area contributed by atoms with Crippen LogP contribution in [0.25, 0.3) is 10.7 Å². The molecule has 0 saturated carbocycles. The van der Waals surface area contributed by atoms with Crippen molar-refractivity contribution in [2.75, 3.05) is 6.54 Å². The first-order valence-corrected chi connectivity index (χ1v) is 7.48. The molecule has 2 aromatic heterocycles. The van der Waals surface area contributed by atoms with E-state index in [-0.39, 0.29) is 0 Å². The van der Waals surface area contributed by atoms with Gasteiger partial charge in [0.2, 0.25) is 0 Å². The van der Waals surface area contributed by atoms with Gasteiger partial charge in [-0.05, 0) is 19.4 Å². The fraction of sp³-hybridized carbons (Fsp3) is 0.500. The van der Waals surface area contributed by atoms with Crippen LogP contribution in [0, 0.1) is 12.8 Å². The van der Waals surface area contributed by atoms with Crippen LogP contribution in [0.1, 0.15) is 24.4 Å². The highest BCUT2D eigenvalue weighted by Gasteiger charge is 2.10. The lowest BCUT2D eigenvalue weighted by Gasteiger charge is -2.05. The van der Waals surface area contributed by atoms with Gasteiger partial charge in [-0.1, -0.05) is 13.8 Å². The van der Waals surface area contributed by atoms with Crippen LogP contribution in [0.4, 0.5) is 0 Å². The molecule has 2 rings (SSSR count). The number of aryl methyl sites for hydroxylation is 1. The summed E-state index contributed by atoms with van der Waals surface area (Å²) in [6.07, 6.45) is 0. The van der Waals surface area contributed by atoms with Gasteiger partial charge in [0.05, 0.1) is 11.2 Å². The van der Waals surface area contributed by atoms with Gasteiger partial charge in [-0.2, -0.15) is 0 Å². The van der Waals surface area contributed by atoms with Gasteiger partial charge in [-0.25, -0.2) is 9.97 Å². The number of nitrogens with one attached hydrogen (secondary N) is 1. The minimum Gasteiger partial charge on any atom is -0.312 e. The highest BCUT2D eigenvalue weighted by atomic mass is 32.1. The van der Waals surface area contributed by atoms with Crippen LogP contribution in [-0.4, -0.2) is 16.5 Å². The van der Waals surface area contributed by atoms with Crippen molar-refractivity contribution in [3.63, 3.8) is 0 Å². The van der Waals surface area contributed by atoms with Crippen molar-refractivity contribution < 1.29 is 0 Å². The highest BCUT2D eigenvalue weighted by Crippen LogP contribution is 2.27. The Hall–Kier alpha value is -0.780. The number of thiazole rings is 2. The van der Waals surface area contributed by atoms with Crippen LogP contribution in [0.3, 0.4) is 0 Å². The third-order valence-electron chi connectivity index (χ3n) is 2.38. The van der Waals surface area contributed by atoms with Crippen molar-refractivity contribution in [2.45, 2.75) is 27.3 Å². The van der Waals surface area contributed by atoms with Crippen LogP contribution < -0.4 is 5.32 Å².